The largest absolute Gasteiger partial charge is 0.295 e. The number of carbonyl (C=O) groups excluding carboxylic acids is 1. The van der Waals surface area contributed by atoms with Crippen LogP contribution in [0.3, 0.4) is 0 Å². The van der Waals surface area contributed by atoms with E-state index >= 15 is 0 Å². The molecule has 1 fully saturated rings. The fraction of sp³-hybridized carbons (Fsp3) is 0.500. The summed E-state index contributed by atoms with van der Waals surface area (Å²) in [6.45, 7) is 1.96. The van der Waals surface area contributed by atoms with Crippen LogP contribution in [0, 0.1) is 5.92 Å². The lowest BCUT2D eigenvalue weighted by Gasteiger charge is -2.21. The van der Waals surface area contributed by atoms with Crippen LogP contribution in [0.4, 0.5) is 0 Å². The fourth-order valence-electron chi connectivity index (χ4n) is 2.13. The molecule has 0 aliphatic carbocycles. The third-order valence-corrected chi connectivity index (χ3v) is 5.96. The molecule has 1 saturated heterocycles. The van der Waals surface area contributed by atoms with Crippen molar-refractivity contribution in [2.45, 2.75) is 24.7 Å². The van der Waals surface area contributed by atoms with Crippen molar-refractivity contribution in [3.05, 3.63) is 29.8 Å². The van der Waals surface area contributed by atoms with Gasteiger partial charge in [0.15, 0.2) is 5.78 Å². The van der Waals surface area contributed by atoms with Crippen molar-refractivity contribution in [2.75, 3.05) is 18.1 Å². The van der Waals surface area contributed by atoms with Crippen LogP contribution in [-0.2, 0) is 10.0 Å². The number of sulfonamides is 1. The maximum absolute atomic E-state index is 12.2. The zero-order valence-corrected chi connectivity index (χ0v) is 13.1. The Labute approximate surface area is 124 Å². The van der Waals surface area contributed by atoms with E-state index in [0.717, 1.165) is 24.3 Å². The van der Waals surface area contributed by atoms with E-state index in [1.165, 1.54) is 19.1 Å². The van der Waals surface area contributed by atoms with Crippen molar-refractivity contribution >= 4 is 27.6 Å². The van der Waals surface area contributed by atoms with Crippen LogP contribution >= 0.6 is 11.8 Å². The van der Waals surface area contributed by atoms with E-state index < -0.39 is 10.0 Å². The summed E-state index contributed by atoms with van der Waals surface area (Å²) >= 11 is 1.92. The summed E-state index contributed by atoms with van der Waals surface area (Å²) in [6, 6.07) is 6.06. The molecule has 4 nitrogen and oxygen atoms in total. The van der Waals surface area contributed by atoms with Gasteiger partial charge in [-0.1, -0.05) is 12.1 Å². The summed E-state index contributed by atoms with van der Waals surface area (Å²) in [5, 5.41) is 0. The monoisotopic (exact) mass is 313 g/mol. The molecule has 0 atom stereocenters. The first-order valence-electron chi connectivity index (χ1n) is 6.67. The second kappa shape index (κ2) is 6.74. The zero-order valence-electron chi connectivity index (χ0n) is 11.5. The highest BCUT2D eigenvalue weighted by Crippen LogP contribution is 2.22. The van der Waals surface area contributed by atoms with Gasteiger partial charge in [-0.15, -0.1) is 0 Å². The molecule has 2 rings (SSSR count). The van der Waals surface area contributed by atoms with Gasteiger partial charge in [0.25, 0.3) is 0 Å². The Morgan fingerprint density at radius 1 is 1.25 bits per heavy atom. The molecular weight excluding hydrogens is 294 g/mol. The number of rotatable bonds is 5. The predicted octanol–water partition coefficient (Wildman–Crippen LogP) is 2.31. The van der Waals surface area contributed by atoms with Crippen LogP contribution in [0.2, 0.25) is 0 Å². The second-order valence-electron chi connectivity index (χ2n) is 4.99. The van der Waals surface area contributed by atoms with Gasteiger partial charge < -0.3 is 0 Å². The summed E-state index contributed by atoms with van der Waals surface area (Å²) in [5.74, 6) is 2.59. The molecule has 0 spiro atoms. The Morgan fingerprint density at radius 2 is 1.85 bits per heavy atom. The van der Waals surface area contributed by atoms with Gasteiger partial charge in [-0.05, 0) is 49.3 Å². The average molecular weight is 313 g/mol. The molecule has 1 aromatic carbocycles. The molecule has 0 bridgehead atoms. The van der Waals surface area contributed by atoms with E-state index in [4.69, 9.17) is 0 Å². The molecule has 1 aromatic rings. The van der Waals surface area contributed by atoms with Crippen molar-refractivity contribution in [2.24, 2.45) is 5.92 Å². The van der Waals surface area contributed by atoms with E-state index in [2.05, 4.69) is 4.72 Å². The SMILES string of the molecule is CC(=O)c1ccc(S(=O)(=O)NCC2CCSCC2)cc1. The molecule has 6 heteroatoms. The first kappa shape index (κ1) is 15.5. The molecule has 1 aliphatic heterocycles. The minimum Gasteiger partial charge on any atom is -0.295 e. The Bertz CT molecular complexity index is 561. The number of benzene rings is 1. The van der Waals surface area contributed by atoms with E-state index in [9.17, 15) is 13.2 Å². The molecule has 1 aliphatic rings. The number of ketones is 1. The molecule has 0 radical (unpaired) electrons. The van der Waals surface area contributed by atoms with Crippen molar-refractivity contribution in [1.82, 2.24) is 4.72 Å². The van der Waals surface area contributed by atoms with E-state index in [-0.39, 0.29) is 10.7 Å². The van der Waals surface area contributed by atoms with Crippen LogP contribution in [-0.4, -0.2) is 32.3 Å². The van der Waals surface area contributed by atoms with Gasteiger partial charge in [0.05, 0.1) is 4.90 Å². The Balaban J connectivity index is 2.00. The number of Topliss-reactive ketones (excluding diaryl/α,β-unsaturated/α-hetero) is 1. The van der Waals surface area contributed by atoms with Gasteiger partial charge in [-0.25, -0.2) is 13.1 Å². The van der Waals surface area contributed by atoms with Crippen molar-refractivity contribution in [1.29, 1.82) is 0 Å². The van der Waals surface area contributed by atoms with Gasteiger partial charge in [0, 0.05) is 12.1 Å². The Morgan fingerprint density at radius 3 is 2.40 bits per heavy atom. The highest BCUT2D eigenvalue weighted by atomic mass is 32.2. The summed E-state index contributed by atoms with van der Waals surface area (Å²) in [4.78, 5) is 11.4. The van der Waals surface area contributed by atoms with Gasteiger partial charge in [-0.3, -0.25) is 4.79 Å². The van der Waals surface area contributed by atoms with Crippen LogP contribution < -0.4 is 4.72 Å². The van der Waals surface area contributed by atoms with E-state index in [1.54, 1.807) is 12.1 Å². The average Bonchev–Trinajstić information content (AvgIpc) is 2.46. The lowest BCUT2D eigenvalue weighted by Crippen LogP contribution is -2.31. The number of hydrogen-bond donors (Lipinski definition) is 1. The summed E-state index contributed by atoms with van der Waals surface area (Å²) in [5.41, 5.74) is 0.522. The molecular formula is C14H19NO3S2. The third-order valence-electron chi connectivity index (χ3n) is 3.47. The van der Waals surface area contributed by atoms with Crippen molar-refractivity contribution in [3.63, 3.8) is 0 Å². The van der Waals surface area contributed by atoms with Gasteiger partial charge in [0.1, 0.15) is 0 Å². The number of nitrogens with one attached hydrogen (secondary N) is 1. The maximum Gasteiger partial charge on any atom is 0.240 e. The van der Waals surface area contributed by atoms with Crippen LogP contribution in [0.25, 0.3) is 0 Å². The summed E-state index contributed by atoms with van der Waals surface area (Å²) in [7, 11) is -3.47. The zero-order chi connectivity index (χ0) is 14.6. The number of carbonyl (C=O) groups is 1. The normalized spacial score (nSPS) is 17.1. The first-order valence-corrected chi connectivity index (χ1v) is 9.31. The third kappa shape index (κ3) is 4.07. The van der Waals surface area contributed by atoms with Crippen LogP contribution in [0.5, 0.6) is 0 Å². The lowest BCUT2D eigenvalue weighted by atomic mass is 10.0. The van der Waals surface area contributed by atoms with Gasteiger partial charge >= 0.3 is 0 Å². The van der Waals surface area contributed by atoms with Crippen LogP contribution in [0.15, 0.2) is 29.2 Å². The standard InChI is InChI=1S/C14H19NO3S2/c1-11(16)13-2-4-14(5-3-13)20(17,18)15-10-12-6-8-19-9-7-12/h2-5,12,15H,6-10H2,1H3. The van der Waals surface area contributed by atoms with Crippen molar-refractivity contribution in [3.8, 4) is 0 Å². The van der Waals surface area contributed by atoms with Crippen LogP contribution in [0.1, 0.15) is 30.1 Å². The minimum absolute atomic E-state index is 0.0680. The first-order chi connectivity index (χ1) is 9.49. The molecule has 1 N–H and O–H groups in total. The Hall–Kier alpha value is -0.850. The minimum atomic E-state index is -3.47. The molecule has 0 saturated carbocycles. The van der Waals surface area contributed by atoms with Gasteiger partial charge in [0.2, 0.25) is 10.0 Å². The smallest absolute Gasteiger partial charge is 0.240 e. The topological polar surface area (TPSA) is 63.2 Å². The highest BCUT2D eigenvalue weighted by molar-refractivity contribution is 7.99. The maximum atomic E-state index is 12.2. The van der Waals surface area contributed by atoms with Gasteiger partial charge in [-0.2, -0.15) is 11.8 Å². The molecule has 0 unspecified atom stereocenters. The molecule has 0 amide bonds. The lowest BCUT2D eigenvalue weighted by molar-refractivity contribution is 0.101. The summed E-state index contributed by atoms with van der Waals surface area (Å²) in [6.07, 6.45) is 2.13. The molecule has 0 aromatic heterocycles. The molecule has 1 heterocycles. The van der Waals surface area contributed by atoms with E-state index in [1.807, 2.05) is 11.8 Å². The second-order valence-corrected chi connectivity index (χ2v) is 7.98. The molecule has 20 heavy (non-hydrogen) atoms. The highest BCUT2D eigenvalue weighted by Gasteiger charge is 2.19. The quantitative estimate of drug-likeness (QED) is 0.847. The summed E-state index contributed by atoms with van der Waals surface area (Å²) < 4.78 is 27.0. The Kier molecular flexibility index (Phi) is 5.23. The number of thioether (sulfide) groups is 1. The van der Waals surface area contributed by atoms with E-state index in [0.29, 0.717) is 18.0 Å². The van der Waals surface area contributed by atoms with Crippen molar-refractivity contribution < 1.29 is 13.2 Å². The number of hydrogen-bond acceptors (Lipinski definition) is 4. The molecule has 110 valence electrons. The fourth-order valence-corrected chi connectivity index (χ4v) is 4.45. The predicted molar refractivity (Wildman–Crippen MR) is 81.7 cm³/mol.